The summed E-state index contributed by atoms with van der Waals surface area (Å²) in [6.45, 7) is 2.08. The molecule has 0 aromatic heterocycles. The number of hydrogen-bond acceptors (Lipinski definition) is 1. The molecule has 1 nitrogen and oxygen atoms in total. The fourth-order valence-electron chi connectivity index (χ4n) is 2.00. The van der Waals surface area contributed by atoms with Gasteiger partial charge in [-0.25, -0.2) is 0 Å². The Kier molecular flexibility index (Phi) is 4.94. The average Bonchev–Trinajstić information content (AvgIpc) is 2.46. The highest BCUT2D eigenvalue weighted by Crippen LogP contribution is 2.30. The van der Waals surface area contributed by atoms with E-state index in [1.165, 1.54) is 6.07 Å². The van der Waals surface area contributed by atoms with Gasteiger partial charge in [-0.1, -0.05) is 48.0 Å². The van der Waals surface area contributed by atoms with Gasteiger partial charge in [0.2, 0.25) is 0 Å². The first-order valence-corrected chi connectivity index (χ1v) is 6.72. The Morgan fingerprint density at radius 2 is 1.76 bits per heavy atom. The van der Waals surface area contributed by atoms with E-state index in [0.29, 0.717) is 18.4 Å². The molecule has 0 aliphatic carbocycles. The van der Waals surface area contributed by atoms with Crippen LogP contribution in [0, 0.1) is 0 Å². The van der Waals surface area contributed by atoms with E-state index >= 15 is 0 Å². The molecule has 1 radical (unpaired) electrons. The molecule has 0 spiro atoms. The van der Waals surface area contributed by atoms with Gasteiger partial charge < -0.3 is 4.74 Å². The van der Waals surface area contributed by atoms with Crippen LogP contribution < -0.4 is 10.2 Å². The van der Waals surface area contributed by atoms with E-state index in [-0.39, 0.29) is 5.75 Å². The van der Waals surface area contributed by atoms with Crippen molar-refractivity contribution >= 4 is 12.7 Å². The molecule has 0 fully saturated rings. The van der Waals surface area contributed by atoms with Crippen LogP contribution in [0.15, 0.2) is 48.5 Å². The largest absolute Gasteiger partial charge is 0.494 e. The molecule has 0 heterocycles. The molecule has 2 aromatic rings. The van der Waals surface area contributed by atoms with Gasteiger partial charge in [0, 0.05) is 0 Å². The SMILES string of the molecule is CCOc1cc(C(F)(F)F)ccc1[B]Cc1ccccc1. The molecule has 0 saturated carbocycles. The standard InChI is InChI=1S/C16H15BF3O/c1-2-21-15-10-13(16(18,19)20)8-9-14(15)17-11-12-6-4-3-5-7-12/h3-10H,2,11H2,1H3. The number of rotatable bonds is 5. The highest BCUT2D eigenvalue weighted by atomic mass is 19.4. The summed E-state index contributed by atoms with van der Waals surface area (Å²) < 4.78 is 43.5. The summed E-state index contributed by atoms with van der Waals surface area (Å²) in [6.07, 6.45) is -3.71. The molecule has 0 saturated heterocycles. The van der Waals surface area contributed by atoms with E-state index < -0.39 is 11.7 Å². The summed E-state index contributed by atoms with van der Waals surface area (Å²) in [5.41, 5.74) is 1.08. The van der Waals surface area contributed by atoms with Gasteiger partial charge in [0.05, 0.1) is 12.2 Å². The van der Waals surface area contributed by atoms with Crippen molar-refractivity contribution in [2.24, 2.45) is 0 Å². The summed E-state index contributed by atoms with van der Waals surface area (Å²) in [6, 6.07) is 13.3. The van der Waals surface area contributed by atoms with Crippen LogP contribution in [0.1, 0.15) is 18.1 Å². The third-order valence-corrected chi connectivity index (χ3v) is 3.04. The highest BCUT2D eigenvalue weighted by molar-refractivity contribution is 6.54. The second-order valence-electron chi connectivity index (χ2n) is 4.58. The molecule has 2 aromatic carbocycles. The Morgan fingerprint density at radius 3 is 2.38 bits per heavy atom. The molecule has 5 heteroatoms. The molecule has 0 aliphatic heterocycles. The van der Waals surface area contributed by atoms with Crippen LogP contribution in [-0.2, 0) is 12.5 Å². The van der Waals surface area contributed by atoms with Crippen LogP contribution in [0.4, 0.5) is 13.2 Å². The summed E-state index contributed by atoms with van der Waals surface area (Å²) in [7, 11) is 1.88. The van der Waals surface area contributed by atoms with E-state index in [1.54, 1.807) is 6.92 Å². The fourth-order valence-corrected chi connectivity index (χ4v) is 2.00. The Balaban J connectivity index is 2.18. The highest BCUT2D eigenvalue weighted by Gasteiger charge is 2.31. The Bertz CT molecular complexity index is 582. The van der Waals surface area contributed by atoms with Crippen LogP contribution in [-0.4, -0.2) is 13.9 Å². The van der Waals surface area contributed by atoms with E-state index in [4.69, 9.17) is 4.74 Å². The van der Waals surface area contributed by atoms with Crippen molar-refractivity contribution in [3.05, 3.63) is 59.7 Å². The van der Waals surface area contributed by atoms with Gasteiger partial charge in [-0.15, -0.1) is 0 Å². The molecule has 0 atom stereocenters. The van der Waals surface area contributed by atoms with Crippen molar-refractivity contribution in [3.63, 3.8) is 0 Å². The van der Waals surface area contributed by atoms with E-state index in [0.717, 1.165) is 17.7 Å². The van der Waals surface area contributed by atoms with E-state index in [9.17, 15) is 13.2 Å². The molecule has 0 N–H and O–H groups in total. The van der Waals surface area contributed by atoms with Crippen molar-refractivity contribution in [1.29, 1.82) is 0 Å². The lowest BCUT2D eigenvalue weighted by atomic mass is 9.65. The van der Waals surface area contributed by atoms with Crippen LogP contribution in [0.2, 0.25) is 0 Å². The average molecular weight is 291 g/mol. The zero-order valence-corrected chi connectivity index (χ0v) is 11.7. The third kappa shape index (κ3) is 4.28. The van der Waals surface area contributed by atoms with Gasteiger partial charge in [-0.05, 0) is 24.8 Å². The van der Waals surface area contributed by atoms with E-state index in [2.05, 4.69) is 0 Å². The molecule has 21 heavy (non-hydrogen) atoms. The van der Waals surface area contributed by atoms with Crippen LogP contribution in [0.3, 0.4) is 0 Å². The van der Waals surface area contributed by atoms with Gasteiger partial charge in [0.1, 0.15) is 5.75 Å². The minimum Gasteiger partial charge on any atom is -0.494 e. The van der Waals surface area contributed by atoms with Gasteiger partial charge in [0.25, 0.3) is 0 Å². The first-order valence-electron chi connectivity index (χ1n) is 6.72. The second-order valence-corrected chi connectivity index (χ2v) is 4.58. The van der Waals surface area contributed by atoms with Crippen LogP contribution in [0.5, 0.6) is 5.75 Å². The van der Waals surface area contributed by atoms with Crippen LogP contribution >= 0.6 is 0 Å². The van der Waals surface area contributed by atoms with Crippen molar-refractivity contribution in [3.8, 4) is 5.75 Å². The third-order valence-electron chi connectivity index (χ3n) is 3.04. The smallest absolute Gasteiger partial charge is 0.416 e. The first-order chi connectivity index (χ1) is 10.0. The van der Waals surface area contributed by atoms with Crippen molar-refractivity contribution in [2.75, 3.05) is 6.61 Å². The predicted octanol–water partition coefficient (Wildman–Crippen LogP) is 3.63. The van der Waals surface area contributed by atoms with Crippen LogP contribution in [0.25, 0.3) is 0 Å². The molecular formula is C16H15BF3O. The Hall–Kier alpha value is -1.91. The Labute approximate surface area is 123 Å². The maximum Gasteiger partial charge on any atom is 0.416 e. The first kappa shape index (κ1) is 15.5. The zero-order chi connectivity index (χ0) is 15.3. The number of alkyl halides is 3. The maximum absolute atomic E-state index is 12.7. The van der Waals surface area contributed by atoms with Crippen molar-refractivity contribution in [1.82, 2.24) is 0 Å². The molecule has 0 unspecified atom stereocenters. The van der Waals surface area contributed by atoms with E-state index in [1.807, 2.05) is 37.6 Å². The molecule has 0 amide bonds. The number of hydrogen-bond donors (Lipinski definition) is 0. The van der Waals surface area contributed by atoms with Gasteiger partial charge >= 0.3 is 6.18 Å². The number of benzene rings is 2. The van der Waals surface area contributed by atoms with Gasteiger partial charge in [-0.2, -0.15) is 13.2 Å². The van der Waals surface area contributed by atoms with Gasteiger partial charge in [0.15, 0.2) is 7.28 Å². The van der Waals surface area contributed by atoms with Gasteiger partial charge in [-0.3, -0.25) is 0 Å². The quantitative estimate of drug-likeness (QED) is 0.764. The zero-order valence-electron chi connectivity index (χ0n) is 11.7. The molecule has 0 bridgehead atoms. The minimum absolute atomic E-state index is 0.267. The van der Waals surface area contributed by atoms with Crippen molar-refractivity contribution < 1.29 is 17.9 Å². The molecular weight excluding hydrogens is 276 g/mol. The Morgan fingerprint density at radius 1 is 1.05 bits per heavy atom. The lowest BCUT2D eigenvalue weighted by Gasteiger charge is -2.13. The normalized spacial score (nSPS) is 11.2. The molecule has 2 rings (SSSR count). The lowest BCUT2D eigenvalue weighted by Crippen LogP contribution is -2.21. The predicted molar refractivity (Wildman–Crippen MR) is 78.1 cm³/mol. The lowest BCUT2D eigenvalue weighted by molar-refractivity contribution is -0.137. The monoisotopic (exact) mass is 291 g/mol. The molecule has 0 aliphatic rings. The summed E-state index contributed by atoms with van der Waals surface area (Å²) in [4.78, 5) is 0. The number of ether oxygens (including phenoxy) is 1. The molecule has 109 valence electrons. The summed E-state index contributed by atoms with van der Waals surface area (Å²) in [5, 5.41) is 0. The minimum atomic E-state index is -4.36. The number of halogens is 3. The summed E-state index contributed by atoms with van der Waals surface area (Å²) in [5.74, 6) is 0.267. The maximum atomic E-state index is 12.7. The topological polar surface area (TPSA) is 9.23 Å². The second kappa shape index (κ2) is 6.70. The van der Waals surface area contributed by atoms with Crippen molar-refractivity contribution in [2.45, 2.75) is 19.4 Å². The summed E-state index contributed by atoms with van der Waals surface area (Å²) >= 11 is 0. The fraction of sp³-hybridized carbons (Fsp3) is 0.250.